The molecular formula is C25H20Cl2N2O5. The Bertz CT molecular complexity index is 1270. The summed E-state index contributed by atoms with van der Waals surface area (Å²) in [5, 5.41) is 11.6. The van der Waals surface area contributed by atoms with Crippen LogP contribution in [0.2, 0.25) is 10.0 Å². The number of nitrogens with zero attached hydrogens (tertiary/aromatic N) is 2. The molecule has 174 valence electrons. The third kappa shape index (κ3) is 4.20. The maximum Gasteiger partial charge on any atom is 0.296 e. The Labute approximate surface area is 206 Å². The number of carbonyl (C=O) groups is 2. The Kier molecular flexibility index (Phi) is 6.77. The Morgan fingerprint density at radius 1 is 1.03 bits per heavy atom. The molecule has 0 saturated carbocycles. The molecule has 1 N–H and O–H groups in total. The summed E-state index contributed by atoms with van der Waals surface area (Å²) >= 11 is 12.5. The molecule has 3 aromatic rings. The topological polar surface area (TPSA) is 89.0 Å². The van der Waals surface area contributed by atoms with E-state index in [1.54, 1.807) is 48.7 Å². The number of halogens is 2. The van der Waals surface area contributed by atoms with Gasteiger partial charge in [0.05, 0.1) is 48.1 Å². The highest BCUT2D eigenvalue weighted by Gasteiger charge is 2.47. The van der Waals surface area contributed by atoms with Crippen LogP contribution in [0, 0.1) is 0 Å². The summed E-state index contributed by atoms with van der Waals surface area (Å²) in [7, 11) is 2.91. The number of aliphatic hydroxyl groups is 1. The van der Waals surface area contributed by atoms with E-state index in [1.807, 2.05) is 0 Å². The third-order valence-corrected chi connectivity index (χ3v) is 6.07. The quantitative estimate of drug-likeness (QED) is 0.291. The standard InChI is InChI=1S/C25H20Cl2N2O5/c1-33-19-9-4-3-8-16(19)21-20(22(30)14-11-17(26)24(34-2)18(27)12-14)23(31)25(32)29(21)13-15-7-5-6-10-28-15/h3-12,21,30H,13H2,1-2H3/b22-20+. The number of likely N-dealkylation sites (tertiary alicyclic amines) is 1. The van der Waals surface area contributed by atoms with Crippen LogP contribution in [-0.4, -0.2) is 40.9 Å². The Morgan fingerprint density at radius 2 is 1.71 bits per heavy atom. The summed E-state index contributed by atoms with van der Waals surface area (Å²) in [5.41, 5.74) is 1.18. The Morgan fingerprint density at radius 3 is 2.32 bits per heavy atom. The van der Waals surface area contributed by atoms with Crippen molar-refractivity contribution in [3.63, 3.8) is 0 Å². The molecule has 1 unspecified atom stereocenters. The first-order valence-corrected chi connectivity index (χ1v) is 11.0. The lowest BCUT2D eigenvalue weighted by molar-refractivity contribution is -0.140. The minimum absolute atomic E-state index is 0.0506. The van der Waals surface area contributed by atoms with Gasteiger partial charge in [-0.05, 0) is 30.3 Å². The van der Waals surface area contributed by atoms with Crippen molar-refractivity contribution < 1.29 is 24.2 Å². The summed E-state index contributed by atoms with van der Waals surface area (Å²) in [6.07, 6.45) is 1.60. The number of ketones is 1. The minimum atomic E-state index is -0.933. The fourth-order valence-corrected chi connectivity index (χ4v) is 4.61. The van der Waals surface area contributed by atoms with Gasteiger partial charge in [-0.3, -0.25) is 14.6 Å². The van der Waals surface area contributed by atoms with Gasteiger partial charge in [0.1, 0.15) is 11.5 Å². The Hall–Kier alpha value is -3.55. The van der Waals surface area contributed by atoms with Crippen LogP contribution in [0.25, 0.3) is 5.76 Å². The molecule has 7 nitrogen and oxygen atoms in total. The fourth-order valence-electron chi connectivity index (χ4n) is 3.97. The summed E-state index contributed by atoms with van der Waals surface area (Å²) in [5.74, 6) is -1.33. The molecule has 4 rings (SSSR count). The van der Waals surface area contributed by atoms with E-state index in [4.69, 9.17) is 32.7 Å². The van der Waals surface area contributed by atoms with E-state index < -0.39 is 23.5 Å². The first-order chi connectivity index (χ1) is 16.4. The molecule has 9 heteroatoms. The molecule has 0 radical (unpaired) electrons. The third-order valence-electron chi connectivity index (χ3n) is 5.51. The van der Waals surface area contributed by atoms with Crippen molar-refractivity contribution in [2.24, 2.45) is 0 Å². The van der Waals surface area contributed by atoms with Gasteiger partial charge in [-0.1, -0.05) is 47.5 Å². The Balaban J connectivity index is 1.93. The lowest BCUT2D eigenvalue weighted by Gasteiger charge is -2.26. The number of aromatic nitrogens is 1. The van der Waals surface area contributed by atoms with Gasteiger partial charge in [-0.25, -0.2) is 0 Å². The average molecular weight is 499 g/mol. The van der Waals surface area contributed by atoms with E-state index in [-0.39, 0.29) is 33.5 Å². The second kappa shape index (κ2) is 9.75. The molecule has 1 fully saturated rings. The van der Waals surface area contributed by atoms with Crippen molar-refractivity contribution in [3.05, 3.63) is 93.2 Å². The minimum Gasteiger partial charge on any atom is -0.507 e. The zero-order valence-electron chi connectivity index (χ0n) is 18.3. The molecule has 0 spiro atoms. The van der Waals surface area contributed by atoms with E-state index in [9.17, 15) is 14.7 Å². The number of pyridine rings is 1. The van der Waals surface area contributed by atoms with Crippen molar-refractivity contribution in [1.29, 1.82) is 0 Å². The maximum absolute atomic E-state index is 13.2. The number of methoxy groups -OCH3 is 2. The summed E-state index contributed by atoms with van der Waals surface area (Å²) < 4.78 is 10.7. The molecule has 34 heavy (non-hydrogen) atoms. The van der Waals surface area contributed by atoms with Crippen LogP contribution < -0.4 is 9.47 Å². The smallest absolute Gasteiger partial charge is 0.296 e. The normalized spacial score (nSPS) is 17.2. The van der Waals surface area contributed by atoms with E-state index in [2.05, 4.69) is 4.98 Å². The molecular weight excluding hydrogens is 479 g/mol. The van der Waals surface area contributed by atoms with Gasteiger partial charge >= 0.3 is 0 Å². The molecule has 1 atom stereocenters. The molecule has 1 amide bonds. The van der Waals surface area contributed by atoms with Gasteiger partial charge in [0.2, 0.25) is 0 Å². The lowest BCUT2D eigenvalue weighted by Crippen LogP contribution is -2.29. The van der Waals surface area contributed by atoms with Gasteiger partial charge < -0.3 is 19.5 Å². The second-order valence-electron chi connectivity index (χ2n) is 7.46. The first kappa shape index (κ1) is 23.6. The number of benzene rings is 2. The molecule has 1 aliphatic heterocycles. The van der Waals surface area contributed by atoms with Gasteiger partial charge in [-0.15, -0.1) is 0 Å². The largest absolute Gasteiger partial charge is 0.507 e. The van der Waals surface area contributed by atoms with Crippen LogP contribution >= 0.6 is 23.2 Å². The van der Waals surface area contributed by atoms with Crippen molar-refractivity contribution >= 4 is 40.7 Å². The number of hydrogen-bond acceptors (Lipinski definition) is 6. The number of amides is 1. The number of ether oxygens (including phenoxy) is 2. The molecule has 2 aromatic carbocycles. The zero-order valence-corrected chi connectivity index (χ0v) is 19.8. The molecule has 2 heterocycles. The number of carbonyl (C=O) groups excluding carboxylic acids is 2. The van der Waals surface area contributed by atoms with Crippen LogP contribution in [0.1, 0.15) is 22.9 Å². The van der Waals surface area contributed by atoms with Crippen LogP contribution in [0.4, 0.5) is 0 Å². The molecule has 1 aromatic heterocycles. The van der Waals surface area contributed by atoms with Crippen LogP contribution in [-0.2, 0) is 16.1 Å². The van der Waals surface area contributed by atoms with E-state index in [0.717, 1.165) is 0 Å². The highest BCUT2D eigenvalue weighted by molar-refractivity contribution is 6.46. The summed E-state index contributed by atoms with van der Waals surface area (Å²) in [6, 6.07) is 14.2. The maximum atomic E-state index is 13.2. The average Bonchev–Trinajstić information content (AvgIpc) is 3.08. The predicted octanol–water partition coefficient (Wildman–Crippen LogP) is 5.03. The van der Waals surface area contributed by atoms with E-state index in [1.165, 1.54) is 31.3 Å². The van der Waals surface area contributed by atoms with Crippen LogP contribution in [0.15, 0.2) is 66.4 Å². The van der Waals surface area contributed by atoms with Crippen molar-refractivity contribution in [3.8, 4) is 11.5 Å². The van der Waals surface area contributed by atoms with Gasteiger partial charge in [0.25, 0.3) is 11.7 Å². The predicted molar refractivity (Wildman–Crippen MR) is 128 cm³/mol. The molecule has 1 aliphatic rings. The fraction of sp³-hybridized carbons (Fsp3) is 0.160. The monoisotopic (exact) mass is 498 g/mol. The second-order valence-corrected chi connectivity index (χ2v) is 8.28. The first-order valence-electron chi connectivity index (χ1n) is 10.2. The number of aliphatic hydroxyl groups excluding tert-OH is 1. The highest BCUT2D eigenvalue weighted by atomic mass is 35.5. The van der Waals surface area contributed by atoms with Gasteiger partial charge in [0.15, 0.2) is 5.75 Å². The van der Waals surface area contributed by atoms with Crippen molar-refractivity contribution in [1.82, 2.24) is 9.88 Å². The summed E-state index contributed by atoms with van der Waals surface area (Å²) in [4.78, 5) is 32.0. The molecule has 1 saturated heterocycles. The van der Waals surface area contributed by atoms with Gasteiger partial charge in [-0.2, -0.15) is 0 Å². The van der Waals surface area contributed by atoms with E-state index >= 15 is 0 Å². The van der Waals surface area contributed by atoms with Crippen molar-refractivity contribution in [2.45, 2.75) is 12.6 Å². The summed E-state index contributed by atoms with van der Waals surface area (Å²) in [6.45, 7) is 0.0506. The van der Waals surface area contributed by atoms with Gasteiger partial charge in [0, 0.05) is 17.3 Å². The van der Waals surface area contributed by atoms with Crippen LogP contribution in [0.3, 0.4) is 0 Å². The molecule has 0 aliphatic carbocycles. The molecule has 0 bridgehead atoms. The lowest BCUT2D eigenvalue weighted by atomic mass is 9.94. The number of hydrogen-bond donors (Lipinski definition) is 1. The number of rotatable bonds is 6. The number of Topliss-reactive ketones (excluding diaryl/α,β-unsaturated/α-hetero) is 1. The highest BCUT2D eigenvalue weighted by Crippen LogP contribution is 2.44. The van der Waals surface area contributed by atoms with E-state index in [0.29, 0.717) is 17.0 Å². The zero-order chi connectivity index (χ0) is 24.4. The van der Waals surface area contributed by atoms with Crippen molar-refractivity contribution in [2.75, 3.05) is 14.2 Å². The SMILES string of the molecule is COc1ccccc1C1/C(=C(\O)c2cc(Cl)c(OC)c(Cl)c2)C(=O)C(=O)N1Cc1ccccn1. The number of para-hydroxylation sites is 1. The van der Waals surface area contributed by atoms with Crippen LogP contribution in [0.5, 0.6) is 11.5 Å².